The number of carbonyl (C=O) groups excluding carboxylic acids is 2. The molecule has 0 atom stereocenters. The maximum Gasteiger partial charge on any atom is 0.342 e. The summed E-state index contributed by atoms with van der Waals surface area (Å²) in [5.74, 6) is -4.89. The molecule has 0 radical (unpaired) electrons. The number of benzene rings is 1. The first-order chi connectivity index (χ1) is 16.2. The second-order valence-electron chi connectivity index (χ2n) is 7.63. The standard InChI is InChI=1S/C22H22F2N6O3S/c1-29-16-11-26-21(27-15-6-5-13(18(25)31)10-17(15)33-2)28-19(16)30(12-22(23,24)20(29)32)8-7-14-4-3-9-34-14/h3-6,9-11H,7-8,12H2,1-2H3,(H2,25,31)(H,26,27,28). The van der Waals surface area contributed by atoms with Crippen LogP contribution in [0.15, 0.2) is 41.9 Å². The summed E-state index contributed by atoms with van der Waals surface area (Å²) in [7, 11) is 2.71. The molecule has 3 heterocycles. The summed E-state index contributed by atoms with van der Waals surface area (Å²) in [5, 5.41) is 4.90. The van der Waals surface area contributed by atoms with E-state index in [1.807, 2.05) is 17.5 Å². The number of rotatable bonds is 7. The van der Waals surface area contributed by atoms with Gasteiger partial charge in [-0.2, -0.15) is 13.8 Å². The molecule has 1 aliphatic heterocycles. The molecule has 4 rings (SSSR count). The predicted octanol–water partition coefficient (Wildman–Crippen LogP) is 3.05. The molecule has 12 heteroatoms. The van der Waals surface area contributed by atoms with Crippen molar-refractivity contribution in [3.8, 4) is 5.75 Å². The Labute approximate surface area is 198 Å². The minimum atomic E-state index is -3.59. The van der Waals surface area contributed by atoms with E-state index >= 15 is 0 Å². The van der Waals surface area contributed by atoms with Crippen LogP contribution in [-0.4, -0.2) is 55.0 Å². The Morgan fingerprint density at radius 3 is 2.82 bits per heavy atom. The van der Waals surface area contributed by atoms with Crippen LogP contribution in [-0.2, 0) is 11.2 Å². The van der Waals surface area contributed by atoms with E-state index in [2.05, 4.69) is 15.3 Å². The number of nitrogens with one attached hydrogen (secondary N) is 1. The molecule has 0 spiro atoms. The van der Waals surface area contributed by atoms with Crippen molar-refractivity contribution in [1.29, 1.82) is 0 Å². The second kappa shape index (κ2) is 9.21. The maximum absolute atomic E-state index is 14.7. The number of amides is 2. The van der Waals surface area contributed by atoms with Gasteiger partial charge in [0.1, 0.15) is 11.4 Å². The van der Waals surface area contributed by atoms with E-state index in [9.17, 15) is 18.4 Å². The van der Waals surface area contributed by atoms with Gasteiger partial charge < -0.3 is 25.6 Å². The van der Waals surface area contributed by atoms with Crippen molar-refractivity contribution >= 4 is 46.3 Å². The predicted molar refractivity (Wildman–Crippen MR) is 125 cm³/mol. The molecule has 0 aliphatic carbocycles. The van der Waals surface area contributed by atoms with Crippen LogP contribution in [0.2, 0.25) is 0 Å². The van der Waals surface area contributed by atoms with Crippen molar-refractivity contribution < 1.29 is 23.1 Å². The van der Waals surface area contributed by atoms with Gasteiger partial charge in [0.05, 0.1) is 25.5 Å². The summed E-state index contributed by atoms with van der Waals surface area (Å²) in [4.78, 5) is 35.8. The molecular formula is C22H22F2N6O3S. The Kier molecular flexibility index (Phi) is 6.33. The summed E-state index contributed by atoms with van der Waals surface area (Å²) in [6.07, 6.45) is 1.84. The third kappa shape index (κ3) is 4.62. The normalized spacial score (nSPS) is 15.0. The first-order valence-corrected chi connectivity index (χ1v) is 11.1. The highest BCUT2D eigenvalue weighted by Gasteiger charge is 2.47. The number of hydrogen-bond donors (Lipinski definition) is 2. The fourth-order valence-electron chi connectivity index (χ4n) is 3.59. The fourth-order valence-corrected chi connectivity index (χ4v) is 4.28. The fraction of sp³-hybridized carbons (Fsp3) is 0.273. The lowest BCUT2D eigenvalue weighted by Gasteiger charge is -2.25. The number of carbonyl (C=O) groups is 2. The Morgan fingerprint density at radius 2 is 2.15 bits per heavy atom. The number of nitrogens with zero attached hydrogens (tertiary/aromatic N) is 4. The average Bonchev–Trinajstić information content (AvgIpc) is 3.32. The zero-order valence-electron chi connectivity index (χ0n) is 18.4. The van der Waals surface area contributed by atoms with Crippen molar-refractivity contribution in [1.82, 2.24) is 9.97 Å². The van der Waals surface area contributed by atoms with E-state index in [1.54, 1.807) is 6.07 Å². The lowest BCUT2D eigenvalue weighted by atomic mass is 10.2. The van der Waals surface area contributed by atoms with Crippen LogP contribution < -0.4 is 25.6 Å². The number of fused-ring (bicyclic) bond motifs is 1. The van der Waals surface area contributed by atoms with Gasteiger partial charge in [0, 0.05) is 24.0 Å². The minimum Gasteiger partial charge on any atom is -0.495 e. The highest BCUT2D eigenvalue weighted by Crippen LogP contribution is 2.36. The number of anilines is 4. The number of thiophene rings is 1. The summed E-state index contributed by atoms with van der Waals surface area (Å²) in [5.41, 5.74) is 6.20. The molecule has 0 unspecified atom stereocenters. The molecule has 3 aromatic rings. The SMILES string of the molecule is COc1cc(C(N)=O)ccc1Nc1ncc2c(n1)N(CCc1cccs1)CC(F)(F)C(=O)N2C. The first-order valence-electron chi connectivity index (χ1n) is 10.2. The zero-order chi connectivity index (χ0) is 24.5. The Balaban J connectivity index is 1.69. The summed E-state index contributed by atoms with van der Waals surface area (Å²) < 4.78 is 34.7. The highest BCUT2D eigenvalue weighted by atomic mass is 32.1. The van der Waals surface area contributed by atoms with E-state index in [-0.39, 0.29) is 29.6 Å². The van der Waals surface area contributed by atoms with Gasteiger partial charge in [-0.15, -0.1) is 11.3 Å². The Morgan fingerprint density at radius 1 is 1.35 bits per heavy atom. The van der Waals surface area contributed by atoms with Gasteiger partial charge in [-0.05, 0) is 36.1 Å². The van der Waals surface area contributed by atoms with Gasteiger partial charge >= 0.3 is 5.92 Å². The average molecular weight is 489 g/mol. The van der Waals surface area contributed by atoms with E-state index in [4.69, 9.17) is 10.5 Å². The van der Waals surface area contributed by atoms with E-state index in [0.29, 0.717) is 17.9 Å². The van der Waals surface area contributed by atoms with Crippen LogP contribution in [0.5, 0.6) is 5.75 Å². The van der Waals surface area contributed by atoms with Crippen molar-refractivity contribution in [2.45, 2.75) is 12.3 Å². The molecule has 0 saturated carbocycles. The highest BCUT2D eigenvalue weighted by molar-refractivity contribution is 7.09. The van der Waals surface area contributed by atoms with Crippen LogP contribution in [0, 0.1) is 0 Å². The van der Waals surface area contributed by atoms with Crippen molar-refractivity contribution in [2.75, 3.05) is 42.4 Å². The molecular weight excluding hydrogens is 466 g/mol. The molecule has 3 N–H and O–H groups in total. The lowest BCUT2D eigenvalue weighted by Crippen LogP contribution is -2.46. The number of primary amides is 1. The third-order valence-corrected chi connectivity index (χ3v) is 6.29. The number of alkyl halides is 2. The largest absolute Gasteiger partial charge is 0.495 e. The molecule has 1 aliphatic rings. The van der Waals surface area contributed by atoms with Crippen LogP contribution in [0.4, 0.5) is 31.9 Å². The topological polar surface area (TPSA) is 114 Å². The van der Waals surface area contributed by atoms with Gasteiger partial charge in [0.25, 0.3) is 5.91 Å². The monoisotopic (exact) mass is 488 g/mol. The molecule has 0 saturated heterocycles. The minimum absolute atomic E-state index is 0.107. The van der Waals surface area contributed by atoms with Crippen molar-refractivity contribution in [3.05, 3.63) is 52.3 Å². The van der Waals surface area contributed by atoms with Crippen LogP contribution in [0.25, 0.3) is 0 Å². The number of nitrogens with two attached hydrogens (primary N) is 1. The number of aromatic nitrogens is 2. The van der Waals surface area contributed by atoms with Gasteiger partial charge in [-0.25, -0.2) is 4.98 Å². The molecule has 9 nitrogen and oxygen atoms in total. The number of methoxy groups -OCH3 is 1. The van der Waals surface area contributed by atoms with Crippen LogP contribution in [0.1, 0.15) is 15.2 Å². The molecule has 2 aromatic heterocycles. The van der Waals surface area contributed by atoms with E-state index in [0.717, 1.165) is 9.78 Å². The summed E-state index contributed by atoms with van der Waals surface area (Å²) >= 11 is 1.53. The summed E-state index contributed by atoms with van der Waals surface area (Å²) in [6.45, 7) is -0.570. The van der Waals surface area contributed by atoms with Crippen molar-refractivity contribution in [2.24, 2.45) is 5.73 Å². The number of hydrogen-bond acceptors (Lipinski definition) is 8. The molecule has 1 aromatic carbocycles. The molecule has 0 fully saturated rings. The maximum atomic E-state index is 14.7. The zero-order valence-corrected chi connectivity index (χ0v) is 19.2. The van der Waals surface area contributed by atoms with Crippen molar-refractivity contribution in [3.63, 3.8) is 0 Å². The molecule has 34 heavy (non-hydrogen) atoms. The van der Waals surface area contributed by atoms with Crippen LogP contribution in [0.3, 0.4) is 0 Å². The van der Waals surface area contributed by atoms with E-state index in [1.165, 1.54) is 48.7 Å². The second-order valence-corrected chi connectivity index (χ2v) is 8.66. The lowest BCUT2D eigenvalue weighted by molar-refractivity contribution is -0.140. The molecule has 0 bridgehead atoms. The quantitative estimate of drug-likeness (QED) is 0.526. The molecule has 178 valence electrons. The number of ether oxygens (including phenoxy) is 1. The van der Waals surface area contributed by atoms with E-state index < -0.39 is 24.3 Å². The third-order valence-electron chi connectivity index (χ3n) is 5.36. The first kappa shape index (κ1) is 23.4. The van der Waals surface area contributed by atoms with Gasteiger partial charge in [-0.1, -0.05) is 6.07 Å². The smallest absolute Gasteiger partial charge is 0.342 e. The Hall–Kier alpha value is -3.80. The Bertz CT molecular complexity index is 1220. The van der Waals surface area contributed by atoms with Gasteiger partial charge in [-0.3, -0.25) is 9.59 Å². The molecule has 2 amide bonds. The van der Waals surface area contributed by atoms with Gasteiger partial charge in [0.2, 0.25) is 11.9 Å². The van der Waals surface area contributed by atoms with Crippen LogP contribution >= 0.6 is 11.3 Å². The van der Waals surface area contributed by atoms with Gasteiger partial charge in [0.15, 0.2) is 5.82 Å². The number of halogens is 2. The summed E-state index contributed by atoms with van der Waals surface area (Å²) in [6, 6.07) is 8.37.